The van der Waals surface area contributed by atoms with Crippen LogP contribution in [-0.2, 0) is 0 Å². The first-order valence-electron chi connectivity index (χ1n) is 5.52. The molecule has 0 aliphatic rings. The second-order valence-corrected chi connectivity index (χ2v) is 4.23. The quantitative estimate of drug-likeness (QED) is 0.805. The predicted molar refractivity (Wildman–Crippen MR) is 62.2 cm³/mol. The molecule has 2 nitrogen and oxygen atoms in total. The van der Waals surface area contributed by atoms with Crippen LogP contribution in [0.15, 0.2) is 18.2 Å². The molecule has 17 heavy (non-hydrogen) atoms. The van der Waals surface area contributed by atoms with Crippen molar-refractivity contribution in [1.82, 2.24) is 4.90 Å². The highest BCUT2D eigenvalue weighted by atomic mass is 19.2. The predicted octanol–water partition coefficient (Wildman–Crippen LogP) is 3.12. The van der Waals surface area contributed by atoms with Gasteiger partial charge in [0, 0.05) is 0 Å². The number of hydrogen-bond acceptors (Lipinski definition) is 2. The van der Waals surface area contributed by atoms with Gasteiger partial charge in [0.15, 0.2) is 11.6 Å². The third-order valence-electron chi connectivity index (χ3n) is 2.83. The first kappa shape index (κ1) is 13.6. The van der Waals surface area contributed by atoms with E-state index in [1.54, 1.807) is 0 Å². The van der Waals surface area contributed by atoms with Crippen molar-refractivity contribution in [3.8, 4) is 6.07 Å². The highest BCUT2D eigenvalue weighted by Crippen LogP contribution is 2.29. The Hall–Kier alpha value is -1.47. The lowest BCUT2D eigenvalue weighted by Gasteiger charge is -2.28. The topological polar surface area (TPSA) is 27.0 Å². The van der Waals surface area contributed by atoms with Crippen LogP contribution >= 0.6 is 0 Å². The van der Waals surface area contributed by atoms with E-state index in [2.05, 4.69) is 6.07 Å². The summed E-state index contributed by atoms with van der Waals surface area (Å²) < 4.78 is 26.1. The number of benzene rings is 1. The van der Waals surface area contributed by atoms with Crippen molar-refractivity contribution in [2.45, 2.75) is 19.4 Å². The molecule has 92 valence electrons. The largest absolute Gasteiger partial charge is 0.301 e. The van der Waals surface area contributed by atoms with Crippen LogP contribution in [0.3, 0.4) is 0 Å². The van der Waals surface area contributed by atoms with Gasteiger partial charge in [-0.2, -0.15) is 5.26 Å². The normalized spacial score (nSPS) is 14.4. The molecule has 0 fully saturated rings. The van der Waals surface area contributed by atoms with E-state index in [9.17, 15) is 8.78 Å². The summed E-state index contributed by atoms with van der Waals surface area (Å²) in [6.07, 6.45) is 0.665. The number of nitriles is 1. The first-order valence-corrected chi connectivity index (χ1v) is 5.52. The van der Waals surface area contributed by atoms with Crippen molar-refractivity contribution in [1.29, 1.82) is 5.26 Å². The Balaban J connectivity index is 3.14. The average molecular weight is 238 g/mol. The fourth-order valence-electron chi connectivity index (χ4n) is 1.97. The summed E-state index contributed by atoms with van der Waals surface area (Å²) in [6, 6.07) is 5.79. The second kappa shape index (κ2) is 5.74. The van der Waals surface area contributed by atoms with Gasteiger partial charge in [-0.3, -0.25) is 0 Å². The molecule has 0 aliphatic carbocycles. The SMILES string of the molecule is CCC(C#N)C(c1ccc(F)c(F)c1)N(C)C. The van der Waals surface area contributed by atoms with Crippen molar-refractivity contribution < 1.29 is 8.78 Å². The zero-order chi connectivity index (χ0) is 13.0. The third-order valence-corrected chi connectivity index (χ3v) is 2.83. The van der Waals surface area contributed by atoms with Crippen molar-refractivity contribution in [2.75, 3.05) is 14.1 Å². The van der Waals surface area contributed by atoms with Gasteiger partial charge >= 0.3 is 0 Å². The van der Waals surface area contributed by atoms with E-state index in [4.69, 9.17) is 5.26 Å². The minimum atomic E-state index is -0.873. The molecule has 0 N–H and O–H groups in total. The zero-order valence-electron chi connectivity index (χ0n) is 10.2. The van der Waals surface area contributed by atoms with Gasteiger partial charge in [0.25, 0.3) is 0 Å². The molecular formula is C13H16F2N2. The maximum atomic E-state index is 13.2. The summed E-state index contributed by atoms with van der Waals surface area (Å²) in [7, 11) is 3.65. The van der Waals surface area contributed by atoms with Crippen LogP contribution in [0.4, 0.5) is 8.78 Å². The lowest BCUT2D eigenvalue weighted by atomic mass is 9.91. The molecule has 0 amide bonds. The fraction of sp³-hybridized carbons (Fsp3) is 0.462. The van der Waals surface area contributed by atoms with Crippen LogP contribution < -0.4 is 0 Å². The van der Waals surface area contributed by atoms with E-state index in [0.717, 1.165) is 6.07 Å². The summed E-state index contributed by atoms with van der Waals surface area (Å²) in [4.78, 5) is 1.85. The van der Waals surface area contributed by atoms with Crippen molar-refractivity contribution >= 4 is 0 Å². The number of halogens is 2. The molecule has 0 saturated carbocycles. The molecule has 2 unspecified atom stereocenters. The second-order valence-electron chi connectivity index (χ2n) is 4.23. The van der Waals surface area contributed by atoms with E-state index >= 15 is 0 Å². The molecule has 0 saturated heterocycles. The van der Waals surface area contributed by atoms with Gasteiger partial charge in [-0.05, 0) is 38.2 Å². The van der Waals surface area contributed by atoms with E-state index in [1.165, 1.54) is 12.1 Å². The Morgan fingerprint density at radius 3 is 2.35 bits per heavy atom. The fourth-order valence-corrected chi connectivity index (χ4v) is 1.97. The molecule has 1 aromatic carbocycles. The van der Waals surface area contributed by atoms with E-state index < -0.39 is 11.6 Å². The van der Waals surface area contributed by atoms with E-state index in [1.807, 2.05) is 25.9 Å². The number of rotatable bonds is 4. The summed E-state index contributed by atoms with van der Waals surface area (Å²) in [5.41, 5.74) is 0.627. The lowest BCUT2D eigenvalue weighted by Crippen LogP contribution is -2.26. The van der Waals surface area contributed by atoms with E-state index in [0.29, 0.717) is 12.0 Å². The smallest absolute Gasteiger partial charge is 0.159 e. The molecule has 4 heteroatoms. The highest BCUT2D eigenvalue weighted by Gasteiger charge is 2.24. The van der Waals surface area contributed by atoms with Gasteiger partial charge < -0.3 is 4.90 Å². The standard InChI is InChI=1S/C13H16F2N2/c1-4-9(8-16)13(17(2)3)10-5-6-11(14)12(15)7-10/h5-7,9,13H,4H2,1-3H3. The Morgan fingerprint density at radius 2 is 1.94 bits per heavy atom. The molecule has 0 radical (unpaired) electrons. The number of nitrogens with zero attached hydrogens (tertiary/aromatic N) is 2. The molecule has 2 atom stereocenters. The molecule has 0 aliphatic heterocycles. The Labute approximate surface area is 100 Å². The first-order chi connectivity index (χ1) is 8.01. The molecule has 0 spiro atoms. The molecule has 1 aromatic rings. The summed E-state index contributed by atoms with van der Waals surface area (Å²) in [5, 5.41) is 9.09. The minimum Gasteiger partial charge on any atom is -0.301 e. The van der Waals surface area contributed by atoms with Crippen LogP contribution in [-0.4, -0.2) is 19.0 Å². The molecule has 0 bridgehead atoms. The van der Waals surface area contributed by atoms with Crippen LogP contribution in [0.5, 0.6) is 0 Å². The van der Waals surface area contributed by atoms with Gasteiger partial charge in [-0.1, -0.05) is 13.0 Å². The summed E-state index contributed by atoms with van der Waals surface area (Å²) in [5.74, 6) is -1.98. The molecule has 1 rings (SSSR count). The van der Waals surface area contributed by atoms with Gasteiger partial charge in [0.2, 0.25) is 0 Å². The van der Waals surface area contributed by atoms with Crippen LogP contribution in [0.25, 0.3) is 0 Å². The van der Waals surface area contributed by atoms with Crippen LogP contribution in [0.2, 0.25) is 0 Å². The zero-order valence-corrected chi connectivity index (χ0v) is 10.2. The van der Waals surface area contributed by atoms with Crippen molar-refractivity contribution in [3.05, 3.63) is 35.4 Å². The van der Waals surface area contributed by atoms with Gasteiger partial charge in [0.05, 0.1) is 18.0 Å². The maximum absolute atomic E-state index is 13.2. The minimum absolute atomic E-state index is 0.222. The van der Waals surface area contributed by atoms with Gasteiger partial charge in [-0.15, -0.1) is 0 Å². The van der Waals surface area contributed by atoms with Crippen molar-refractivity contribution in [2.24, 2.45) is 5.92 Å². The Bertz CT molecular complexity index is 424. The van der Waals surface area contributed by atoms with Crippen molar-refractivity contribution in [3.63, 3.8) is 0 Å². The molecule has 0 aromatic heterocycles. The molecular weight excluding hydrogens is 222 g/mol. The Morgan fingerprint density at radius 1 is 1.29 bits per heavy atom. The van der Waals surface area contributed by atoms with E-state index in [-0.39, 0.29) is 12.0 Å². The summed E-state index contributed by atoms with van der Waals surface area (Å²) in [6.45, 7) is 1.91. The molecule has 0 heterocycles. The highest BCUT2D eigenvalue weighted by molar-refractivity contribution is 5.23. The van der Waals surface area contributed by atoms with Gasteiger partial charge in [0.1, 0.15) is 0 Å². The number of hydrogen-bond donors (Lipinski definition) is 0. The Kier molecular flexibility index (Phi) is 4.59. The van der Waals surface area contributed by atoms with Crippen LogP contribution in [0, 0.1) is 28.9 Å². The lowest BCUT2D eigenvalue weighted by molar-refractivity contribution is 0.240. The third kappa shape index (κ3) is 3.01. The summed E-state index contributed by atoms with van der Waals surface area (Å²) >= 11 is 0. The monoisotopic (exact) mass is 238 g/mol. The maximum Gasteiger partial charge on any atom is 0.159 e. The average Bonchev–Trinajstić information content (AvgIpc) is 2.29. The van der Waals surface area contributed by atoms with Gasteiger partial charge in [-0.25, -0.2) is 8.78 Å². The van der Waals surface area contributed by atoms with Crippen LogP contribution in [0.1, 0.15) is 24.9 Å².